The summed E-state index contributed by atoms with van der Waals surface area (Å²) in [5, 5.41) is 1.46. The average Bonchev–Trinajstić information content (AvgIpc) is 2.49. The third kappa shape index (κ3) is 3.71. The molecule has 1 aliphatic heterocycles. The number of hydrogen-bond donors (Lipinski definition) is 0. The number of carbonyl (C=O) groups excluding carboxylic acids is 2. The first kappa shape index (κ1) is 12.3. The minimum Gasteiger partial charge on any atom is -0.443 e. The molecule has 1 heterocycles. The van der Waals surface area contributed by atoms with Crippen molar-refractivity contribution in [1.82, 2.24) is 9.42 Å². The summed E-state index contributed by atoms with van der Waals surface area (Å²) < 4.78 is 6.84. The van der Waals surface area contributed by atoms with Crippen molar-refractivity contribution in [3.05, 3.63) is 0 Å². The first-order valence-corrected chi connectivity index (χ1v) is 5.66. The summed E-state index contributed by atoms with van der Waals surface area (Å²) in [7, 11) is 0. The first-order valence-electron chi connectivity index (χ1n) is 4.82. The molecule has 0 N–H and O–H groups in total. The van der Waals surface area contributed by atoms with Gasteiger partial charge >= 0.3 is 6.09 Å². The third-order valence-electron chi connectivity index (χ3n) is 1.76. The molecule has 1 amide bonds. The van der Waals surface area contributed by atoms with E-state index in [-0.39, 0.29) is 0 Å². The van der Waals surface area contributed by atoms with Crippen LogP contribution in [0.1, 0.15) is 27.2 Å². The molecule has 1 rings (SSSR count). The highest BCUT2D eigenvalue weighted by atomic mass is 32.2. The molecule has 0 aromatic carbocycles. The Balaban J connectivity index is 2.54. The molecular weight excluding hydrogens is 216 g/mol. The molecule has 0 aliphatic carbocycles. The smallest absolute Gasteiger partial charge is 0.425 e. The average molecular weight is 232 g/mol. The van der Waals surface area contributed by atoms with Crippen molar-refractivity contribution in [2.45, 2.75) is 32.8 Å². The number of ether oxygens (including phenoxy) is 1. The van der Waals surface area contributed by atoms with Crippen LogP contribution in [0.25, 0.3) is 0 Å². The Morgan fingerprint density at radius 2 is 2.07 bits per heavy atom. The molecule has 0 saturated carbocycles. The van der Waals surface area contributed by atoms with Crippen molar-refractivity contribution in [3.8, 4) is 0 Å². The van der Waals surface area contributed by atoms with E-state index >= 15 is 0 Å². The molecule has 86 valence electrons. The summed E-state index contributed by atoms with van der Waals surface area (Å²) in [5.41, 5.74) is 0.208. The lowest BCUT2D eigenvalue weighted by Gasteiger charge is -2.28. The van der Waals surface area contributed by atoms with Gasteiger partial charge in [-0.2, -0.15) is 4.41 Å². The van der Waals surface area contributed by atoms with Gasteiger partial charge in [0.25, 0.3) is 0 Å². The lowest BCUT2D eigenvalue weighted by Crippen LogP contribution is -2.40. The fourth-order valence-electron chi connectivity index (χ4n) is 1.24. The maximum absolute atomic E-state index is 11.7. The van der Waals surface area contributed by atoms with Crippen molar-refractivity contribution in [2.24, 2.45) is 0 Å². The Morgan fingerprint density at radius 1 is 1.40 bits per heavy atom. The predicted molar refractivity (Wildman–Crippen MR) is 58.6 cm³/mol. The van der Waals surface area contributed by atoms with Crippen molar-refractivity contribution in [3.63, 3.8) is 0 Å². The van der Waals surface area contributed by atoms with E-state index < -0.39 is 11.7 Å². The zero-order valence-corrected chi connectivity index (χ0v) is 10.0. The van der Waals surface area contributed by atoms with Gasteiger partial charge in [0.2, 0.25) is 0 Å². The number of rotatable bonds is 2. The second kappa shape index (κ2) is 4.85. The molecule has 0 atom stereocenters. The van der Waals surface area contributed by atoms with E-state index in [0.717, 1.165) is 18.4 Å². The summed E-state index contributed by atoms with van der Waals surface area (Å²) in [6.45, 7) is 6.76. The van der Waals surface area contributed by atoms with Gasteiger partial charge in [-0.25, -0.2) is 9.80 Å². The van der Waals surface area contributed by atoms with Crippen LogP contribution in [0.4, 0.5) is 4.79 Å². The van der Waals surface area contributed by atoms with Crippen LogP contribution in [0.3, 0.4) is 0 Å². The van der Waals surface area contributed by atoms with Crippen molar-refractivity contribution in [1.29, 1.82) is 0 Å². The van der Waals surface area contributed by atoms with E-state index in [1.807, 2.05) is 20.8 Å². The van der Waals surface area contributed by atoms with Crippen LogP contribution < -0.4 is 0 Å². The lowest BCUT2D eigenvalue weighted by atomic mass is 10.2. The molecule has 15 heavy (non-hydrogen) atoms. The molecular formula is C9H16N2O3S. The van der Waals surface area contributed by atoms with E-state index in [2.05, 4.69) is 0 Å². The van der Waals surface area contributed by atoms with Crippen molar-refractivity contribution >= 4 is 23.7 Å². The van der Waals surface area contributed by atoms with Gasteiger partial charge in [0.05, 0.1) is 0 Å². The van der Waals surface area contributed by atoms with Crippen LogP contribution in [0, 0.1) is 0 Å². The van der Waals surface area contributed by atoms with Gasteiger partial charge in [0.1, 0.15) is 5.60 Å². The minimum atomic E-state index is -0.503. The van der Waals surface area contributed by atoms with Gasteiger partial charge in [0, 0.05) is 25.0 Å². The van der Waals surface area contributed by atoms with E-state index in [1.54, 1.807) is 4.41 Å². The maximum atomic E-state index is 11.7. The standard InChI is InChI=1S/C9H16N2O3S/c1-9(2,3)14-8(13)10-5-4-6-11(10)15-7-12/h7H,4-6H2,1-3H3. The number of amides is 1. The lowest BCUT2D eigenvalue weighted by molar-refractivity contribution is 0.00339. The molecule has 1 fully saturated rings. The fourth-order valence-corrected chi connectivity index (χ4v) is 1.84. The van der Waals surface area contributed by atoms with Crippen LogP contribution in [0.15, 0.2) is 0 Å². The largest absolute Gasteiger partial charge is 0.443 e. The van der Waals surface area contributed by atoms with E-state index in [9.17, 15) is 9.59 Å². The van der Waals surface area contributed by atoms with E-state index in [0.29, 0.717) is 18.7 Å². The summed E-state index contributed by atoms with van der Waals surface area (Å²) in [6, 6.07) is 0. The third-order valence-corrected chi connectivity index (χ3v) is 2.47. The number of hydrazine groups is 1. The maximum Gasteiger partial charge on any atom is 0.425 e. The Hall–Kier alpha value is -0.750. The number of hydrogen-bond acceptors (Lipinski definition) is 5. The van der Waals surface area contributed by atoms with E-state index in [4.69, 9.17) is 4.74 Å². The number of carbonyl (C=O) groups is 2. The molecule has 1 aliphatic rings. The quantitative estimate of drug-likeness (QED) is 0.535. The van der Waals surface area contributed by atoms with Gasteiger partial charge in [-0.15, -0.1) is 0 Å². The molecule has 0 aromatic heterocycles. The van der Waals surface area contributed by atoms with Gasteiger partial charge in [-0.1, -0.05) is 0 Å². The molecule has 0 spiro atoms. The molecule has 0 bridgehead atoms. The second-order valence-electron chi connectivity index (χ2n) is 4.23. The topological polar surface area (TPSA) is 49.9 Å². The van der Waals surface area contributed by atoms with Gasteiger partial charge < -0.3 is 4.74 Å². The highest BCUT2D eigenvalue weighted by molar-refractivity contribution is 8.09. The van der Waals surface area contributed by atoms with Gasteiger partial charge in [-0.3, -0.25) is 4.79 Å². The van der Waals surface area contributed by atoms with Crippen molar-refractivity contribution < 1.29 is 14.3 Å². The summed E-state index contributed by atoms with van der Waals surface area (Å²) in [6.07, 6.45) is 0.467. The van der Waals surface area contributed by atoms with Crippen LogP contribution in [0.2, 0.25) is 0 Å². The van der Waals surface area contributed by atoms with Crippen LogP contribution >= 0.6 is 11.9 Å². The normalized spacial score (nSPS) is 17.9. The molecule has 5 nitrogen and oxygen atoms in total. The molecule has 0 unspecified atom stereocenters. The second-order valence-corrected chi connectivity index (χ2v) is 5.06. The van der Waals surface area contributed by atoms with Crippen LogP contribution in [0.5, 0.6) is 0 Å². The minimum absolute atomic E-state index is 0.394. The van der Waals surface area contributed by atoms with E-state index in [1.165, 1.54) is 5.01 Å². The first-order chi connectivity index (χ1) is 6.94. The Kier molecular flexibility index (Phi) is 3.98. The molecule has 0 aromatic rings. The SMILES string of the molecule is CC(C)(C)OC(=O)N1CCCN1SC=O. The monoisotopic (exact) mass is 232 g/mol. The highest BCUT2D eigenvalue weighted by Crippen LogP contribution is 2.21. The van der Waals surface area contributed by atoms with Crippen LogP contribution in [-0.2, 0) is 9.53 Å². The zero-order chi connectivity index (χ0) is 11.5. The number of nitrogens with zero attached hydrogens (tertiary/aromatic N) is 2. The highest BCUT2D eigenvalue weighted by Gasteiger charge is 2.30. The summed E-state index contributed by atoms with van der Waals surface area (Å²) >= 11 is 0.979. The summed E-state index contributed by atoms with van der Waals surface area (Å²) in [4.78, 5) is 22.0. The predicted octanol–water partition coefficient (Wildman–Crippen LogP) is 1.68. The van der Waals surface area contributed by atoms with Crippen LogP contribution in [-0.4, -0.2) is 39.8 Å². The van der Waals surface area contributed by atoms with Crippen molar-refractivity contribution in [2.75, 3.05) is 13.1 Å². The van der Waals surface area contributed by atoms with Gasteiger partial charge in [0.15, 0.2) is 5.62 Å². The fraction of sp³-hybridized carbons (Fsp3) is 0.778. The van der Waals surface area contributed by atoms with Gasteiger partial charge in [-0.05, 0) is 27.2 Å². The summed E-state index contributed by atoms with van der Waals surface area (Å²) in [5.74, 6) is 0. The molecule has 0 radical (unpaired) electrons. The Morgan fingerprint density at radius 3 is 2.60 bits per heavy atom. The molecule has 6 heteroatoms. The zero-order valence-electron chi connectivity index (χ0n) is 9.23. The Labute approximate surface area is 93.8 Å². The molecule has 1 saturated heterocycles. The Bertz CT molecular complexity index is 252.